The molecule has 6 nitrogen and oxygen atoms in total. The lowest BCUT2D eigenvalue weighted by atomic mass is 10.2. The molecule has 0 radical (unpaired) electrons. The molecule has 0 aliphatic rings. The summed E-state index contributed by atoms with van der Waals surface area (Å²) in [4.78, 5) is 17.3. The first-order valence-corrected chi connectivity index (χ1v) is 9.34. The molecule has 0 aliphatic carbocycles. The predicted octanol–water partition coefficient (Wildman–Crippen LogP) is 4.44. The van der Waals surface area contributed by atoms with Gasteiger partial charge in [-0.3, -0.25) is 4.79 Å². The minimum Gasteiger partial charge on any atom is -0.324 e. The van der Waals surface area contributed by atoms with E-state index in [-0.39, 0.29) is 12.5 Å². The zero-order valence-corrected chi connectivity index (χ0v) is 16.7. The third-order valence-corrected chi connectivity index (χ3v) is 4.85. The Kier molecular flexibility index (Phi) is 4.65. The van der Waals surface area contributed by atoms with Gasteiger partial charge in [0.05, 0.1) is 5.39 Å². The van der Waals surface area contributed by atoms with Gasteiger partial charge in [-0.1, -0.05) is 11.6 Å². The lowest BCUT2D eigenvalue weighted by Gasteiger charge is -2.09. The molecule has 0 unspecified atom stereocenters. The molecule has 0 aliphatic heterocycles. The van der Waals surface area contributed by atoms with Crippen molar-refractivity contribution in [2.75, 3.05) is 5.32 Å². The number of amides is 1. The molecule has 3 heterocycles. The molecule has 1 N–H and O–H groups in total. The number of pyridine rings is 1. The van der Waals surface area contributed by atoms with Gasteiger partial charge in [-0.15, -0.1) is 0 Å². The van der Waals surface area contributed by atoms with Gasteiger partial charge in [0.1, 0.15) is 6.54 Å². The maximum Gasteiger partial charge on any atom is 0.246 e. The highest BCUT2D eigenvalue weighted by Gasteiger charge is 2.18. The van der Waals surface area contributed by atoms with Crippen LogP contribution in [-0.2, 0) is 11.3 Å². The molecule has 142 valence electrons. The normalized spacial score (nSPS) is 11.1. The first kappa shape index (κ1) is 18.3. The van der Waals surface area contributed by atoms with E-state index in [1.165, 1.54) is 0 Å². The SMILES string of the molecule is Cc1cc(C)c2c(-n3cccc3)nn(CC(=O)Nc3ccc(Cl)cc3C)c2n1. The van der Waals surface area contributed by atoms with Gasteiger partial charge in [0, 0.05) is 28.8 Å². The van der Waals surface area contributed by atoms with Crippen molar-refractivity contribution in [1.82, 2.24) is 19.3 Å². The van der Waals surface area contributed by atoms with E-state index >= 15 is 0 Å². The van der Waals surface area contributed by atoms with Gasteiger partial charge in [0.25, 0.3) is 0 Å². The molecule has 4 rings (SSSR count). The fourth-order valence-corrected chi connectivity index (χ4v) is 3.58. The van der Waals surface area contributed by atoms with Crippen molar-refractivity contribution in [2.45, 2.75) is 27.3 Å². The average Bonchev–Trinajstić information content (AvgIpc) is 3.26. The molecular weight excluding hydrogens is 374 g/mol. The Morgan fingerprint density at radius 2 is 1.86 bits per heavy atom. The Bertz CT molecular complexity index is 1180. The zero-order chi connectivity index (χ0) is 19.8. The Morgan fingerprint density at radius 3 is 2.57 bits per heavy atom. The van der Waals surface area contributed by atoms with E-state index in [9.17, 15) is 4.79 Å². The number of hydrogen-bond acceptors (Lipinski definition) is 3. The van der Waals surface area contributed by atoms with E-state index < -0.39 is 0 Å². The number of aromatic nitrogens is 4. The lowest BCUT2D eigenvalue weighted by molar-refractivity contribution is -0.116. The second-order valence-electron chi connectivity index (χ2n) is 6.86. The number of anilines is 1. The molecule has 1 aromatic carbocycles. The lowest BCUT2D eigenvalue weighted by Crippen LogP contribution is -2.20. The van der Waals surface area contributed by atoms with Gasteiger partial charge in [0.15, 0.2) is 11.5 Å². The van der Waals surface area contributed by atoms with Gasteiger partial charge in [0.2, 0.25) is 5.91 Å². The average molecular weight is 394 g/mol. The summed E-state index contributed by atoms with van der Waals surface area (Å²) in [5, 5.41) is 9.20. The first-order chi connectivity index (χ1) is 13.4. The van der Waals surface area contributed by atoms with Crippen LogP contribution in [0.15, 0.2) is 48.8 Å². The van der Waals surface area contributed by atoms with Crippen LogP contribution in [0, 0.1) is 20.8 Å². The molecule has 28 heavy (non-hydrogen) atoms. The smallest absolute Gasteiger partial charge is 0.246 e. The van der Waals surface area contributed by atoms with Crippen molar-refractivity contribution in [2.24, 2.45) is 0 Å². The van der Waals surface area contributed by atoms with Crippen molar-refractivity contribution in [3.8, 4) is 5.82 Å². The van der Waals surface area contributed by atoms with Gasteiger partial charge in [-0.25, -0.2) is 9.67 Å². The largest absolute Gasteiger partial charge is 0.324 e. The van der Waals surface area contributed by atoms with Gasteiger partial charge < -0.3 is 9.88 Å². The number of fused-ring (bicyclic) bond motifs is 1. The van der Waals surface area contributed by atoms with Crippen molar-refractivity contribution < 1.29 is 4.79 Å². The van der Waals surface area contributed by atoms with Gasteiger partial charge >= 0.3 is 0 Å². The molecule has 3 aromatic heterocycles. The minimum atomic E-state index is -0.171. The van der Waals surface area contributed by atoms with Crippen LogP contribution in [0.1, 0.15) is 16.8 Å². The summed E-state index contributed by atoms with van der Waals surface area (Å²) in [6.45, 7) is 5.95. The number of aryl methyl sites for hydroxylation is 3. The summed E-state index contributed by atoms with van der Waals surface area (Å²) in [5.74, 6) is 0.593. The summed E-state index contributed by atoms with van der Waals surface area (Å²) < 4.78 is 3.59. The highest BCUT2D eigenvalue weighted by atomic mass is 35.5. The number of nitrogens with one attached hydrogen (secondary N) is 1. The van der Waals surface area contributed by atoms with Crippen LogP contribution in [0.4, 0.5) is 5.69 Å². The predicted molar refractivity (Wildman–Crippen MR) is 111 cm³/mol. The topological polar surface area (TPSA) is 64.7 Å². The summed E-state index contributed by atoms with van der Waals surface area (Å²) in [6, 6.07) is 11.3. The summed E-state index contributed by atoms with van der Waals surface area (Å²) in [6.07, 6.45) is 3.87. The molecule has 0 saturated carbocycles. The number of hydrogen-bond donors (Lipinski definition) is 1. The molecule has 0 bridgehead atoms. The van der Waals surface area contributed by atoms with Crippen molar-refractivity contribution >= 4 is 34.2 Å². The molecule has 0 spiro atoms. The molecule has 0 saturated heterocycles. The van der Waals surface area contributed by atoms with E-state index in [1.807, 2.05) is 62.0 Å². The molecule has 0 atom stereocenters. The van der Waals surface area contributed by atoms with E-state index in [0.29, 0.717) is 10.7 Å². The highest BCUT2D eigenvalue weighted by Crippen LogP contribution is 2.25. The number of carbonyl (C=O) groups excluding carboxylic acids is 1. The van der Waals surface area contributed by atoms with E-state index in [0.717, 1.165) is 33.7 Å². The second-order valence-corrected chi connectivity index (χ2v) is 7.29. The van der Waals surface area contributed by atoms with Crippen LogP contribution < -0.4 is 5.32 Å². The standard InChI is InChI=1S/C21H20ClN5O/c1-13-11-16(22)6-7-17(13)24-18(28)12-27-20-19(14(2)10-15(3)23-20)21(25-27)26-8-4-5-9-26/h4-11H,12H2,1-3H3,(H,24,28). The molecule has 7 heteroatoms. The molecule has 4 aromatic rings. The van der Waals surface area contributed by atoms with Crippen LogP contribution >= 0.6 is 11.6 Å². The van der Waals surface area contributed by atoms with Gasteiger partial charge in [-0.05, 0) is 68.3 Å². The van der Waals surface area contributed by atoms with Crippen molar-refractivity contribution in [1.29, 1.82) is 0 Å². The zero-order valence-electron chi connectivity index (χ0n) is 15.9. The number of rotatable bonds is 4. The maximum absolute atomic E-state index is 12.7. The maximum atomic E-state index is 12.7. The molecular formula is C21H20ClN5O. The summed E-state index contributed by atoms with van der Waals surface area (Å²) in [5.41, 5.74) is 4.30. The summed E-state index contributed by atoms with van der Waals surface area (Å²) in [7, 11) is 0. The minimum absolute atomic E-state index is 0.0652. The number of nitrogens with zero attached hydrogens (tertiary/aromatic N) is 4. The van der Waals surface area contributed by atoms with E-state index in [1.54, 1.807) is 16.8 Å². The Hall–Kier alpha value is -3.12. The number of carbonyl (C=O) groups is 1. The Balaban J connectivity index is 1.71. The Morgan fingerprint density at radius 1 is 1.11 bits per heavy atom. The van der Waals surface area contributed by atoms with Gasteiger partial charge in [-0.2, -0.15) is 5.10 Å². The molecule has 1 amide bonds. The van der Waals surface area contributed by atoms with Crippen molar-refractivity contribution in [3.63, 3.8) is 0 Å². The van der Waals surface area contributed by atoms with Crippen molar-refractivity contribution in [3.05, 3.63) is 70.6 Å². The summed E-state index contributed by atoms with van der Waals surface area (Å²) >= 11 is 5.99. The monoisotopic (exact) mass is 393 g/mol. The van der Waals surface area contributed by atoms with E-state index in [2.05, 4.69) is 15.4 Å². The fraction of sp³-hybridized carbons (Fsp3) is 0.190. The first-order valence-electron chi connectivity index (χ1n) is 8.96. The van der Waals surface area contributed by atoms with Crippen LogP contribution in [0.2, 0.25) is 5.02 Å². The second kappa shape index (κ2) is 7.13. The molecule has 0 fully saturated rings. The Labute approximate surface area is 167 Å². The fourth-order valence-electron chi connectivity index (χ4n) is 3.35. The third kappa shape index (κ3) is 3.39. The van der Waals surface area contributed by atoms with Crippen LogP contribution in [-0.4, -0.2) is 25.2 Å². The van der Waals surface area contributed by atoms with Crippen LogP contribution in [0.25, 0.3) is 16.9 Å². The van der Waals surface area contributed by atoms with E-state index in [4.69, 9.17) is 11.6 Å². The van der Waals surface area contributed by atoms with Crippen LogP contribution in [0.3, 0.4) is 0 Å². The highest BCUT2D eigenvalue weighted by molar-refractivity contribution is 6.30. The quantitative estimate of drug-likeness (QED) is 0.557. The number of halogens is 1. The third-order valence-electron chi connectivity index (χ3n) is 4.61. The van der Waals surface area contributed by atoms with Crippen LogP contribution in [0.5, 0.6) is 0 Å². The number of benzene rings is 1.